The van der Waals surface area contributed by atoms with Crippen molar-refractivity contribution in [2.45, 2.75) is 54.0 Å². The van der Waals surface area contributed by atoms with E-state index in [1.807, 2.05) is 39.8 Å². The van der Waals surface area contributed by atoms with E-state index in [0.29, 0.717) is 24.6 Å². The molecule has 2 aromatic rings. The average Bonchev–Trinajstić information content (AvgIpc) is 2.63. The number of nitrogens with two attached hydrogens (primary N) is 1. The molecule has 0 radical (unpaired) electrons. The summed E-state index contributed by atoms with van der Waals surface area (Å²) >= 11 is 0. The Hall–Kier alpha value is -2.83. The number of H-pyrrole nitrogens is 1. The van der Waals surface area contributed by atoms with Gasteiger partial charge in [-0.1, -0.05) is 53.7 Å². The van der Waals surface area contributed by atoms with Crippen molar-refractivity contribution in [2.24, 2.45) is 11.8 Å². The molecule has 7 nitrogen and oxygen atoms in total. The smallest absolute Gasteiger partial charge is 0.330 e. The molecule has 0 unspecified atom stereocenters. The van der Waals surface area contributed by atoms with Crippen LogP contribution in [0.15, 0.2) is 33.9 Å². The molecule has 2 rings (SSSR count). The van der Waals surface area contributed by atoms with Crippen LogP contribution in [0.1, 0.15) is 63.4 Å². The first-order valence-corrected chi connectivity index (χ1v) is 10.1. The Morgan fingerprint density at radius 2 is 1.62 bits per heavy atom. The van der Waals surface area contributed by atoms with Gasteiger partial charge in [0, 0.05) is 18.7 Å². The number of benzene rings is 1. The molecule has 1 heterocycles. The minimum Gasteiger partial charge on any atom is -0.383 e. The van der Waals surface area contributed by atoms with Crippen LogP contribution in [0.25, 0.3) is 0 Å². The summed E-state index contributed by atoms with van der Waals surface area (Å²) in [6.45, 7) is 12.6. The first kappa shape index (κ1) is 22.5. The Bertz CT molecular complexity index is 969. The van der Waals surface area contributed by atoms with E-state index in [4.69, 9.17) is 5.73 Å². The van der Waals surface area contributed by atoms with Gasteiger partial charge in [-0.2, -0.15) is 0 Å². The van der Waals surface area contributed by atoms with Gasteiger partial charge in [0.05, 0.1) is 0 Å². The van der Waals surface area contributed by atoms with Crippen LogP contribution in [0, 0.1) is 11.8 Å². The molecule has 0 bridgehead atoms. The van der Waals surface area contributed by atoms with Gasteiger partial charge in [0.1, 0.15) is 5.82 Å². The van der Waals surface area contributed by atoms with Gasteiger partial charge < -0.3 is 10.6 Å². The number of anilines is 2. The molecule has 7 heteroatoms. The van der Waals surface area contributed by atoms with Crippen molar-refractivity contribution in [3.63, 3.8) is 0 Å². The molecule has 0 saturated carbocycles. The average molecular weight is 401 g/mol. The lowest BCUT2D eigenvalue weighted by molar-refractivity contribution is 0.0983. The molecule has 0 aliphatic carbocycles. The number of rotatable bonds is 7. The van der Waals surface area contributed by atoms with Gasteiger partial charge in [0.15, 0.2) is 5.69 Å². The summed E-state index contributed by atoms with van der Waals surface area (Å²) in [5.74, 6) is 0.287. The summed E-state index contributed by atoms with van der Waals surface area (Å²) in [7, 11) is 0. The van der Waals surface area contributed by atoms with Crippen LogP contribution < -0.4 is 21.9 Å². The van der Waals surface area contributed by atoms with Gasteiger partial charge in [0.2, 0.25) is 0 Å². The largest absolute Gasteiger partial charge is 0.383 e. The maximum atomic E-state index is 13.3. The van der Waals surface area contributed by atoms with Gasteiger partial charge in [0.25, 0.3) is 11.5 Å². The standard InChI is InChI=1S/C22H32N4O3/c1-13(2)11-25(21(28)17-9-7-16(8-10-17)15(5)6)18-19(23)26(12-14(3)4)22(29)24-20(18)27/h7-10,13-15H,11-12,23H2,1-6H3,(H,24,27,29). The van der Waals surface area contributed by atoms with Crippen molar-refractivity contribution >= 4 is 17.4 Å². The maximum Gasteiger partial charge on any atom is 0.330 e. The normalized spacial score (nSPS) is 11.5. The molecule has 1 aromatic carbocycles. The first-order valence-electron chi connectivity index (χ1n) is 10.1. The molecule has 0 aliphatic rings. The number of nitrogens with zero attached hydrogens (tertiary/aromatic N) is 2. The van der Waals surface area contributed by atoms with Crippen LogP contribution in [-0.2, 0) is 6.54 Å². The second-order valence-electron chi connectivity index (χ2n) is 8.58. The Morgan fingerprint density at radius 3 is 2.10 bits per heavy atom. The number of aromatic amines is 1. The Labute approximate surface area is 171 Å². The molecule has 0 spiro atoms. The Balaban J connectivity index is 2.59. The highest BCUT2D eigenvalue weighted by Gasteiger charge is 2.26. The molecular formula is C22H32N4O3. The number of nitrogens with one attached hydrogen (secondary N) is 1. The van der Waals surface area contributed by atoms with E-state index in [1.54, 1.807) is 12.1 Å². The number of amides is 1. The second kappa shape index (κ2) is 9.11. The second-order valence-corrected chi connectivity index (χ2v) is 8.58. The van der Waals surface area contributed by atoms with E-state index in [0.717, 1.165) is 5.56 Å². The van der Waals surface area contributed by atoms with Crippen LogP contribution in [0.3, 0.4) is 0 Å². The fraction of sp³-hybridized carbons (Fsp3) is 0.500. The highest BCUT2D eigenvalue weighted by atomic mass is 16.2. The quantitative estimate of drug-likeness (QED) is 0.745. The van der Waals surface area contributed by atoms with E-state index >= 15 is 0 Å². The van der Waals surface area contributed by atoms with E-state index < -0.39 is 11.2 Å². The first-order chi connectivity index (χ1) is 13.5. The Morgan fingerprint density at radius 1 is 1.03 bits per heavy atom. The van der Waals surface area contributed by atoms with Crippen LogP contribution in [-0.4, -0.2) is 22.0 Å². The van der Waals surface area contributed by atoms with Crippen LogP contribution >= 0.6 is 0 Å². The predicted octanol–water partition coefficient (Wildman–Crippen LogP) is 3.20. The fourth-order valence-corrected chi connectivity index (χ4v) is 3.19. The summed E-state index contributed by atoms with van der Waals surface area (Å²) in [6, 6.07) is 7.36. The number of hydrogen-bond acceptors (Lipinski definition) is 4. The van der Waals surface area contributed by atoms with Crippen LogP contribution in [0.5, 0.6) is 0 Å². The fourth-order valence-electron chi connectivity index (χ4n) is 3.19. The topological polar surface area (TPSA) is 101 Å². The van der Waals surface area contributed by atoms with Crippen LogP contribution in [0.4, 0.5) is 11.5 Å². The summed E-state index contributed by atoms with van der Waals surface area (Å²) < 4.78 is 1.32. The maximum absolute atomic E-state index is 13.3. The molecule has 0 saturated heterocycles. The van der Waals surface area contributed by atoms with E-state index in [1.165, 1.54) is 9.47 Å². The van der Waals surface area contributed by atoms with Gasteiger partial charge in [-0.3, -0.25) is 19.1 Å². The van der Waals surface area contributed by atoms with E-state index in [2.05, 4.69) is 18.8 Å². The lowest BCUT2D eigenvalue weighted by Crippen LogP contribution is -2.43. The molecule has 0 fully saturated rings. The number of nitrogen functional groups attached to an aromatic ring is 1. The number of carbonyl (C=O) groups is 1. The zero-order valence-corrected chi connectivity index (χ0v) is 18.2. The van der Waals surface area contributed by atoms with Gasteiger partial charge in [-0.25, -0.2) is 4.79 Å². The number of hydrogen-bond donors (Lipinski definition) is 2. The molecule has 3 N–H and O–H groups in total. The van der Waals surface area contributed by atoms with Crippen molar-refractivity contribution in [1.29, 1.82) is 0 Å². The minimum atomic E-state index is -0.652. The van der Waals surface area contributed by atoms with Gasteiger partial charge >= 0.3 is 5.69 Å². The summed E-state index contributed by atoms with van der Waals surface area (Å²) in [6.07, 6.45) is 0. The molecule has 1 amide bonds. The van der Waals surface area contributed by atoms with Crippen LogP contribution in [0.2, 0.25) is 0 Å². The Kier molecular flexibility index (Phi) is 7.06. The number of aromatic nitrogens is 2. The lowest BCUT2D eigenvalue weighted by atomic mass is 10.0. The molecule has 0 aliphatic heterocycles. The van der Waals surface area contributed by atoms with Crippen molar-refractivity contribution < 1.29 is 4.79 Å². The highest BCUT2D eigenvalue weighted by molar-refractivity contribution is 6.07. The molecular weight excluding hydrogens is 368 g/mol. The highest BCUT2D eigenvalue weighted by Crippen LogP contribution is 2.22. The van der Waals surface area contributed by atoms with Crippen molar-refractivity contribution in [3.05, 3.63) is 56.2 Å². The molecule has 29 heavy (non-hydrogen) atoms. The number of carbonyl (C=O) groups excluding carboxylic acids is 1. The third-order valence-corrected chi connectivity index (χ3v) is 4.65. The predicted molar refractivity (Wildman–Crippen MR) is 118 cm³/mol. The summed E-state index contributed by atoms with van der Waals surface area (Å²) in [5.41, 5.74) is 6.64. The minimum absolute atomic E-state index is 0.0141. The third-order valence-electron chi connectivity index (χ3n) is 4.65. The summed E-state index contributed by atoms with van der Waals surface area (Å²) in [5, 5.41) is 0. The zero-order chi connectivity index (χ0) is 21.9. The van der Waals surface area contributed by atoms with Gasteiger partial charge in [-0.05, 0) is 35.4 Å². The van der Waals surface area contributed by atoms with Crippen molar-refractivity contribution in [3.8, 4) is 0 Å². The molecule has 158 valence electrons. The van der Waals surface area contributed by atoms with Gasteiger partial charge in [-0.15, -0.1) is 0 Å². The molecule has 1 aromatic heterocycles. The van der Waals surface area contributed by atoms with Crippen molar-refractivity contribution in [2.75, 3.05) is 17.2 Å². The summed E-state index contributed by atoms with van der Waals surface area (Å²) in [4.78, 5) is 41.9. The third kappa shape index (κ3) is 5.16. The van der Waals surface area contributed by atoms with E-state index in [9.17, 15) is 14.4 Å². The lowest BCUT2D eigenvalue weighted by Gasteiger charge is -2.26. The van der Waals surface area contributed by atoms with E-state index in [-0.39, 0.29) is 29.2 Å². The monoisotopic (exact) mass is 400 g/mol. The SMILES string of the molecule is CC(C)CN(C(=O)c1ccc(C(C)C)cc1)c1c(N)n(CC(C)C)c(=O)[nH]c1=O. The van der Waals surface area contributed by atoms with Crippen molar-refractivity contribution in [1.82, 2.24) is 9.55 Å². The zero-order valence-electron chi connectivity index (χ0n) is 18.2. The molecule has 0 atom stereocenters.